The van der Waals surface area contributed by atoms with Crippen molar-refractivity contribution < 1.29 is 14.2 Å². The zero-order valence-electron chi connectivity index (χ0n) is 18.9. The number of fused-ring (bicyclic) bond motifs is 3. The summed E-state index contributed by atoms with van der Waals surface area (Å²) in [4.78, 5) is 15.5. The van der Waals surface area contributed by atoms with Gasteiger partial charge in [0.1, 0.15) is 0 Å². The molecule has 1 saturated heterocycles. The van der Waals surface area contributed by atoms with Crippen LogP contribution in [0.4, 0.5) is 5.69 Å². The first-order valence-electron chi connectivity index (χ1n) is 11.1. The lowest BCUT2D eigenvalue weighted by Crippen LogP contribution is -2.32. The van der Waals surface area contributed by atoms with Gasteiger partial charge < -0.3 is 24.4 Å². The summed E-state index contributed by atoms with van der Waals surface area (Å²) < 4.78 is 17.1. The zero-order valence-corrected chi connectivity index (χ0v) is 18.9. The van der Waals surface area contributed by atoms with Gasteiger partial charge in [0.15, 0.2) is 11.5 Å². The molecule has 1 aliphatic heterocycles. The third-order valence-electron chi connectivity index (χ3n) is 6.56. The first-order valence-corrected chi connectivity index (χ1v) is 11.1. The second kappa shape index (κ2) is 9.18. The number of rotatable bonds is 5. The molecule has 1 N–H and O–H groups in total. The summed E-state index contributed by atoms with van der Waals surface area (Å²) in [5.74, 6) is 1.87. The number of nitrogens with one attached hydrogen (secondary N) is 1. The maximum absolute atomic E-state index is 13.3. The van der Waals surface area contributed by atoms with E-state index in [9.17, 15) is 4.79 Å². The van der Waals surface area contributed by atoms with E-state index in [4.69, 9.17) is 14.2 Å². The van der Waals surface area contributed by atoms with Crippen LogP contribution in [0.1, 0.15) is 42.9 Å². The fourth-order valence-electron chi connectivity index (χ4n) is 5.00. The summed E-state index contributed by atoms with van der Waals surface area (Å²) in [5, 5.41) is 3.41. The number of ether oxygens (including phenoxy) is 3. The maximum Gasteiger partial charge on any atom is 0.203 e. The minimum absolute atomic E-state index is 0.0680. The van der Waals surface area contributed by atoms with Crippen molar-refractivity contribution in [3.63, 3.8) is 0 Å². The highest BCUT2D eigenvalue weighted by Crippen LogP contribution is 2.50. The lowest BCUT2D eigenvalue weighted by Gasteiger charge is -2.27. The van der Waals surface area contributed by atoms with Gasteiger partial charge >= 0.3 is 0 Å². The van der Waals surface area contributed by atoms with E-state index in [-0.39, 0.29) is 11.5 Å². The Labute approximate surface area is 184 Å². The molecule has 1 fully saturated rings. The normalized spacial score (nSPS) is 17.9. The van der Waals surface area contributed by atoms with Crippen LogP contribution in [0.3, 0.4) is 0 Å². The van der Waals surface area contributed by atoms with Crippen molar-refractivity contribution in [1.29, 1.82) is 0 Å². The Morgan fingerprint density at radius 2 is 1.71 bits per heavy atom. The highest BCUT2D eigenvalue weighted by Gasteiger charge is 2.28. The topological polar surface area (TPSA) is 60.0 Å². The monoisotopic (exact) mass is 424 g/mol. The molecule has 0 bridgehead atoms. The predicted molar refractivity (Wildman–Crippen MR) is 124 cm³/mol. The number of piperidine rings is 1. The van der Waals surface area contributed by atoms with Crippen molar-refractivity contribution in [2.24, 2.45) is 0 Å². The maximum atomic E-state index is 13.3. The van der Waals surface area contributed by atoms with Crippen LogP contribution >= 0.6 is 0 Å². The standard InChI is InChI=1S/C25H32N2O4/c1-26-19-10-8-16-14-22(29-2)24(30-3)25(31-4)23(16)17-9-11-20(21(28)15-18(17)19)27-12-6-5-7-13-27/h9,11,14-15,19,26H,5-8,10,12-13H2,1-4H3/t19-/m1/s1. The Morgan fingerprint density at radius 3 is 2.35 bits per heavy atom. The van der Waals surface area contributed by atoms with Gasteiger partial charge in [-0.25, -0.2) is 0 Å². The molecule has 0 spiro atoms. The number of hydrogen-bond donors (Lipinski definition) is 1. The molecule has 0 unspecified atom stereocenters. The number of nitrogens with zero attached hydrogens (tertiary/aromatic N) is 1. The van der Waals surface area contributed by atoms with Crippen LogP contribution in [0.15, 0.2) is 29.1 Å². The van der Waals surface area contributed by atoms with Crippen molar-refractivity contribution in [1.82, 2.24) is 5.32 Å². The van der Waals surface area contributed by atoms with E-state index in [0.29, 0.717) is 17.2 Å². The van der Waals surface area contributed by atoms with Crippen LogP contribution < -0.4 is 29.9 Å². The van der Waals surface area contributed by atoms with E-state index in [2.05, 4.69) is 16.3 Å². The van der Waals surface area contributed by atoms with E-state index in [1.165, 1.54) is 6.42 Å². The Balaban J connectivity index is 2.00. The number of anilines is 1. The van der Waals surface area contributed by atoms with Gasteiger partial charge in [0, 0.05) is 24.7 Å². The minimum Gasteiger partial charge on any atom is -0.493 e. The minimum atomic E-state index is 0.0680. The molecular weight excluding hydrogens is 392 g/mol. The van der Waals surface area contributed by atoms with Gasteiger partial charge in [-0.2, -0.15) is 0 Å². The summed E-state index contributed by atoms with van der Waals surface area (Å²) >= 11 is 0. The molecule has 0 saturated carbocycles. The highest BCUT2D eigenvalue weighted by atomic mass is 16.5. The SMILES string of the molecule is CN[C@@H]1CCc2cc(OC)c(OC)c(OC)c2-c2ccc(N3CCCCC3)c(=O)cc21. The molecule has 1 aliphatic carbocycles. The van der Waals surface area contributed by atoms with Gasteiger partial charge in [0.2, 0.25) is 11.2 Å². The smallest absolute Gasteiger partial charge is 0.203 e. The van der Waals surface area contributed by atoms with Gasteiger partial charge in [-0.1, -0.05) is 6.07 Å². The first-order chi connectivity index (χ1) is 15.1. The van der Waals surface area contributed by atoms with Crippen LogP contribution in [-0.2, 0) is 6.42 Å². The Morgan fingerprint density at radius 1 is 0.968 bits per heavy atom. The molecule has 4 rings (SSSR count). The Bertz CT molecular complexity index is 1020. The highest BCUT2D eigenvalue weighted by molar-refractivity contribution is 5.83. The zero-order chi connectivity index (χ0) is 22.0. The van der Waals surface area contributed by atoms with E-state index >= 15 is 0 Å². The van der Waals surface area contributed by atoms with Gasteiger partial charge in [0.25, 0.3) is 0 Å². The number of benzene rings is 1. The molecule has 31 heavy (non-hydrogen) atoms. The van der Waals surface area contributed by atoms with Crippen LogP contribution in [0.25, 0.3) is 11.1 Å². The van der Waals surface area contributed by atoms with E-state index in [0.717, 1.165) is 66.7 Å². The van der Waals surface area contributed by atoms with Gasteiger partial charge in [0.05, 0.1) is 27.0 Å². The molecule has 166 valence electrons. The quantitative estimate of drug-likeness (QED) is 0.785. The molecular formula is C25H32N2O4. The van der Waals surface area contributed by atoms with Gasteiger partial charge in [-0.15, -0.1) is 0 Å². The summed E-state index contributed by atoms with van der Waals surface area (Å²) in [6.45, 7) is 1.87. The molecule has 2 aliphatic rings. The third kappa shape index (κ3) is 3.85. The first kappa shape index (κ1) is 21.5. The average Bonchev–Trinajstić information content (AvgIpc) is 3.06. The summed E-state index contributed by atoms with van der Waals surface area (Å²) in [6, 6.07) is 8.01. The predicted octanol–water partition coefficient (Wildman–Crippen LogP) is 3.94. The van der Waals surface area contributed by atoms with E-state index in [1.54, 1.807) is 21.3 Å². The number of aryl methyl sites for hydroxylation is 1. The third-order valence-corrected chi connectivity index (χ3v) is 6.56. The summed E-state index contributed by atoms with van der Waals surface area (Å²) in [7, 11) is 6.86. The van der Waals surface area contributed by atoms with Crippen LogP contribution in [0.2, 0.25) is 0 Å². The fraction of sp³-hybridized carbons (Fsp3) is 0.480. The summed E-state index contributed by atoms with van der Waals surface area (Å²) in [5.41, 5.74) is 4.97. The van der Waals surface area contributed by atoms with Gasteiger partial charge in [-0.05, 0) is 74.0 Å². The fourth-order valence-corrected chi connectivity index (χ4v) is 5.00. The molecule has 1 atom stereocenters. The second-order valence-electron chi connectivity index (χ2n) is 8.20. The van der Waals surface area contributed by atoms with Crippen molar-refractivity contribution in [2.75, 3.05) is 46.4 Å². The summed E-state index contributed by atoms with van der Waals surface area (Å²) in [6.07, 6.45) is 5.20. The number of hydrogen-bond acceptors (Lipinski definition) is 6. The van der Waals surface area contributed by atoms with Crippen LogP contribution in [0, 0.1) is 0 Å². The van der Waals surface area contributed by atoms with Crippen LogP contribution in [0.5, 0.6) is 17.2 Å². The largest absolute Gasteiger partial charge is 0.493 e. The van der Waals surface area contributed by atoms with Gasteiger partial charge in [-0.3, -0.25) is 4.79 Å². The molecule has 6 heteroatoms. The molecule has 2 aromatic carbocycles. The van der Waals surface area contributed by atoms with E-state index < -0.39 is 0 Å². The molecule has 6 nitrogen and oxygen atoms in total. The molecule has 1 heterocycles. The van der Waals surface area contributed by atoms with Crippen molar-refractivity contribution in [3.05, 3.63) is 45.6 Å². The number of methoxy groups -OCH3 is 3. The van der Waals surface area contributed by atoms with Crippen LogP contribution in [-0.4, -0.2) is 41.5 Å². The van der Waals surface area contributed by atoms with Crippen molar-refractivity contribution in [2.45, 2.75) is 38.1 Å². The average molecular weight is 425 g/mol. The lowest BCUT2D eigenvalue weighted by molar-refractivity contribution is 0.324. The Kier molecular flexibility index (Phi) is 6.37. The second-order valence-corrected chi connectivity index (χ2v) is 8.20. The van der Waals surface area contributed by atoms with E-state index in [1.807, 2.05) is 25.2 Å². The van der Waals surface area contributed by atoms with Crippen molar-refractivity contribution >= 4 is 5.69 Å². The molecule has 0 radical (unpaired) electrons. The molecule has 0 amide bonds. The molecule has 2 aromatic rings. The lowest BCUT2D eigenvalue weighted by atomic mass is 9.95. The molecule has 0 aromatic heterocycles. The Hall–Kier alpha value is -2.73. The van der Waals surface area contributed by atoms with Crippen molar-refractivity contribution in [3.8, 4) is 28.4 Å².